The largest absolute Gasteiger partial charge is 0.497 e. The number of hydrogen-bond acceptors (Lipinski definition) is 4. The molecule has 1 aliphatic rings. The Labute approximate surface area is 143 Å². The van der Waals surface area contributed by atoms with Gasteiger partial charge in [0.05, 0.1) is 13.0 Å². The summed E-state index contributed by atoms with van der Waals surface area (Å²) in [5, 5.41) is 6.14. The third-order valence-electron chi connectivity index (χ3n) is 4.15. The summed E-state index contributed by atoms with van der Waals surface area (Å²) in [6.07, 6.45) is 1.37. The van der Waals surface area contributed by atoms with Crippen molar-refractivity contribution in [1.29, 1.82) is 0 Å². The van der Waals surface area contributed by atoms with Crippen LogP contribution in [0.15, 0.2) is 24.3 Å². The Morgan fingerprint density at radius 3 is 2.67 bits per heavy atom. The van der Waals surface area contributed by atoms with E-state index in [0.717, 1.165) is 30.8 Å². The zero-order valence-corrected chi connectivity index (χ0v) is 14.5. The van der Waals surface area contributed by atoms with Gasteiger partial charge in [-0.25, -0.2) is 0 Å². The number of ether oxygens (including phenoxy) is 1. The minimum Gasteiger partial charge on any atom is -0.497 e. The van der Waals surface area contributed by atoms with Crippen molar-refractivity contribution < 1.29 is 14.3 Å². The van der Waals surface area contributed by atoms with Crippen molar-refractivity contribution in [3.8, 4) is 5.75 Å². The van der Waals surface area contributed by atoms with Gasteiger partial charge in [0, 0.05) is 32.6 Å². The van der Waals surface area contributed by atoms with E-state index in [2.05, 4.69) is 17.6 Å². The minimum atomic E-state index is -0.248. The van der Waals surface area contributed by atoms with E-state index in [9.17, 15) is 9.59 Å². The highest BCUT2D eigenvalue weighted by atomic mass is 16.5. The molecule has 0 spiro atoms. The summed E-state index contributed by atoms with van der Waals surface area (Å²) in [4.78, 5) is 26.1. The van der Waals surface area contributed by atoms with Gasteiger partial charge in [0.15, 0.2) is 0 Å². The van der Waals surface area contributed by atoms with Crippen molar-refractivity contribution >= 4 is 11.8 Å². The van der Waals surface area contributed by atoms with Crippen molar-refractivity contribution in [3.63, 3.8) is 0 Å². The molecule has 0 saturated carbocycles. The van der Waals surface area contributed by atoms with Gasteiger partial charge in [0.2, 0.25) is 11.8 Å². The number of nitrogens with one attached hydrogen (secondary N) is 2. The molecule has 2 N–H and O–H groups in total. The fourth-order valence-electron chi connectivity index (χ4n) is 2.77. The summed E-state index contributed by atoms with van der Waals surface area (Å²) < 4.78 is 5.13. The van der Waals surface area contributed by atoms with Gasteiger partial charge in [0.25, 0.3) is 0 Å². The number of carbonyl (C=O) groups is 2. The van der Waals surface area contributed by atoms with Crippen molar-refractivity contribution in [1.82, 2.24) is 15.5 Å². The van der Waals surface area contributed by atoms with E-state index in [1.165, 1.54) is 0 Å². The van der Waals surface area contributed by atoms with Gasteiger partial charge in [-0.1, -0.05) is 19.1 Å². The summed E-state index contributed by atoms with van der Waals surface area (Å²) in [6.45, 7) is 5.43. The predicted molar refractivity (Wildman–Crippen MR) is 92.7 cm³/mol. The topological polar surface area (TPSA) is 70.7 Å². The Morgan fingerprint density at radius 2 is 2.00 bits per heavy atom. The maximum absolute atomic E-state index is 12.2. The summed E-state index contributed by atoms with van der Waals surface area (Å²) in [5.41, 5.74) is 1.04. The van der Waals surface area contributed by atoms with Crippen LogP contribution in [-0.2, 0) is 16.1 Å². The lowest BCUT2D eigenvalue weighted by atomic mass is 10.1. The number of rotatable bonds is 9. The van der Waals surface area contributed by atoms with Crippen molar-refractivity contribution in [2.45, 2.75) is 26.3 Å². The second-order valence-corrected chi connectivity index (χ2v) is 6.06. The number of likely N-dealkylation sites (tertiary alicyclic amines) is 1. The molecule has 1 saturated heterocycles. The molecule has 1 aromatic carbocycles. The first kappa shape index (κ1) is 18.3. The monoisotopic (exact) mass is 333 g/mol. The van der Waals surface area contributed by atoms with E-state index >= 15 is 0 Å². The molecular weight excluding hydrogens is 306 g/mol. The highest BCUT2D eigenvalue weighted by molar-refractivity contribution is 5.89. The van der Waals surface area contributed by atoms with Crippen molar-refractivity contribution in [2.24, 2.45) is 5.92 Å². The molecule has 1 atom stereocenters. The number of amides is 2. The zero-order valence-electron chi connectivity index (χ0n) is 14.5. The third kappa shape index (κ3) is 5.23. The average molecular weight is 333 g/mol. The lowest BCUT2D eigenvalue weighted by Crippen LogP contribution is -2.37. The van der Waals surface area contributed by atoms with Crippen LogP contribution < -0.4 is 15.4 Å². The molecule has 0 aliphatic carbocycles. The third-order valence-corrected chi connectivity index (χ3v) is 4.15. The molecule has 1 unspecified atom stereocenters. The summed E-state index contributed by atoms with van der Waals surface area (Å²) >= 11 is 0. The zero-order chi connectivity index (χ0) is 17.4. The molecule has 6 nitrogen and oxygen atoms in total. The average Bonchev–Trinajstić information content (AvgIpc) is 2.96. The fraction of sp³-hybridized carbons (Fsp3) is 0.556. The minimum absolute atomic E-state index is 0.0288. The van der Waals surface area contributed by atoms with E-state index in [-0.39, 0.29) is 17.7 Å². The van der Waals surface area contributed by atoms with Crippen LogP contribution in [-0.4, -0.2) is 50.0 Å². The lowest BCUT2D eigenvalue weighted by molar-refractivity contribution is -0.129. The van der Waals surface area contributed by atoms with Crippen LogP contribution in [0.1, 0.15) is 25.3 Å². The predicted octanol–water partition coefficient (Wildman–Crippen LogP) is 1.16. The molecule has 1 heterocycles. The molecule has 6 heteroatoms. The molecule has 1 aliphatic heterocycles. The summed E-state index contributed by atoms with van der Waals surface area (Å²) in [5.74, 6) is 0.552. The number of nitrogens with zero attached hydrogens (tertiary/aromatic N) is 1. The number of benzene rings is 1. The van der Waals surface area contributed by atoms with Crippen LogP contribution in [0.4, 0.5) is 0 Å². The Kier molecular flexibility index (Phi) is 7.06. The fourth-order valence-corrected chi connectivity index (χ4v) is 2.77. The molecule has 0 radical (unpaired) electrons. The molecule has 132 valence electrons. The Bertz CT molecular complexity index is 545. The van der Waals surface area contributed by atoms with Crippen LogP contribution in [0.5, 0.6) is 5.75 Å². The Hall–Kier alpha value is -2.08. The lowest BCUT2D eigenvalue weighted by Gasteiger charge is -2.17. The maximum atomic E-state index is 12.2. The molecule has 1 aromatic rings. The first-order valence-electron chi connectivity index (χ1n) is 8.53. The first-order valence-corrected chi connectivity index (χ1v) is 8.53. The summed E-state index contributed by atoms with van der Waals surface area (Å²) in [6, 6.07) is 7.64. The quantitative estimate of drug-likeness (QED) is 0.665. The van der Waals surface area contributed by atoms with Crippen LogP contribution in [0, 0.1) is 5.92 Å². The van der Waals surface area contributed by atoms with Crippen molar-refractivity contribution in [2.75, 3.05) is 33.3 Å². The Morgan fingerprint density at radius 1 is 1.25 bits per heavy atom. The standard InChI is InChI=1S/C18H27N3O3/c1-3-8-19-9-10-20-18(23)15-11-17(22)21(13-15)12-14-4-6-16(24-2)7-5-14/h4-7,15,19H,3,8-13H2,1-2H3,(H,20,23). The molecule has 2 rings (SSSR count). The van der Waals surface area contributed by atoms with Gasteiger partial charge in [-0.3, -0.25) is 9.59 Å². The normalized spacial score (nSPS) is 17.2. The smallest absolute Gasteiger partial charge is 0.225 e. The number of methoxy groups -OCH3 is 1. The van der Waals surface area contributed by atoms with Gasteiger partial charge in [-0.15, -0.1) is 0 Å². The highest BCUT2D eigenvalue weighted by Crippen LogP contribution is 2.21. The van der Waals surface area contributed by atoms with E-state index in [1.54, 1.807) is 12.0 Å². The Balaban J connectivity index is 1.78. The highest BCUT2D eigenvalue weighted by Gasteiger charge is 2.33. The van der Waals surface area contributed by atoms with Gasteiger partial charge >= 0.3 is 0 Å². The molecule has 24 heavy (non-hydrogen) atoms. The molecule has 0 aromatic heterocycles. The van der Waals surface area contributed by atoms with Gasteiger partial charge < -0.3 is 20.3 Å². The molecule has 1 fully saturated rings. The van der Waals surface area contributed by atoms with Crippen LogP contribution >= 0.6 is 0 Å². The second kappa shape index (κ2) is 9.27. The van der Waals surface area contributed by atoms with Crippen LogP contribution in [0.3, 0.4) is 0 Å². The van der Waals surface area contributed by atoms with Gasteiger partial charge in [-0.05, 0) is 30.7 Å². The van der Waals surface area contributed by atoms with Crippen LogP contribution in [0.2, 0.25) is 0 Å². The van der Waals surface area contributed by atoms with E-state index in [0.29, 0.717) is 26.1 Å². The molecular formula is C18H27N3O3. The second-order valence-electron chi connectivity index (χ2n) is 6.06. The van der Waals surface area contributed by atoms with Gasteiger partial charge in [0.1, 0.15) is 5.75 Å². The maximum Gasteiger partial charge on any atom is 0.225 e. The molecule has 2 amide bonds. The van der Waals surface area contributed by atoms with E-state index < -0.39 is 0 Å². The SMILES string of the molecule is CCCNCCNC(=O)C1CC(=O)N(Cc2ccc(OC)cc2)C1. The number of hydrogen-bond donors (Lipinski definition) is 2. The van der Waals surface area contributed by atoms with E-state index in [1.807, 2.05) is 24.3 Å². The van der Waals surface area contributed by atoms with E-state index in [4.69, 9.17) is 4.74 Å². The van der Waals surface area contributed by atoms with Crippen LogP contribution in [0.25, 0.3) is 0 Å². The van der Waals surface area contributed by atoms with Gasteiger partial charge in [-0.2, -0.15) is 0 Å². The summed E-state index contributed by atoms with van der Waals surface area (Å²) in [7, 11) is 1.62. The van der Waals surface area contributed by atoms with Crippen molar-refractivity contribution in [3.05, 3.63) is 29.8 Å². The first-order chi connectivity index (χ1) is 11.6. The number of carbonyl (C=O) groups excluding carboxylic acids is 2. The molecule has 0 bridgehead atoms.